The average molecular weight is 625 g/mol. The lowest BCUT2D eigenvalue weighted by Crippen LogP contribution is -2.28. The Morgan fingerprint density at radius 2 is 1.75 bits per heavy atom. The van der Waals surface area contributed by atoms with Crippen LogP contribution < -0.4 is 5.32 Å². The molecule has 0 bridgehead atoms. The molecule has 11 heteroatoms. The van der Waals surface area contributed by atoms with Crippen LogP contribution in [0.2, 0.25) is 0 Å². The van der Waals surface area contributed by atoms with Gasteiger partial charge in [0.1, 0.15) is 5.82 Å². The number of benzene rings is 3. The van der Waals surface area contributed by atoms with Crippen molar-refractivity contribution in [3.05, 3.63) is 135 Å². The van der Waals surface area contributed by atoms with E-state index in [9.17, 15) is 14.0 Å². The summed E-state index contributed by atoms with van der Waals surface area (Å²) in [5.74, 6) is -0.697. The zero-order valence-electron chi connectivity index (χ0n) is 23.9. The van der Waals surface area contributed by atoms with E-state index in [-0.39, 0.29) is 29.8 Å². The van der Waals surface area contributed by atoms with Gasteiger partial charge in [0, 0.05) is 6.42 Å². The maximum atomic E-state index is 14.2. The summed E-state index contributed by atoms with van der Waals surface area (Å²) in [7, 11) is 0. The predicted molar refractivity (Wildman–Crippen MR) is 170 cm³/mol. The molecule has 2 amide bonds. The maximum Gasteiger partial charge on any atom is 0.254 e. The Morgan fingerprint density at radius 3 is 2.50 bits per heavy atom. The summed E-state index contributed by atoms with van der Waals surface area (Å²) in [6, 6.07) is 27.6. The zero-order chi connectivity index (χ0) is 30.5. The second-order valence-electron chi connectivity index (χ2n) is 10.3. The van der Waals surface area contributed by atoms with E-state index >= 15 is 0 Å². The lowest BCUT2D eigenvalue weighted by molar-refractivity contribution is -0.130. The van der Waals surface area contributed by atoms with Crippen molar-refractivity contribution in [1.29, 1.82) is 0 Å². The molecule has 1 N–H and O–H groups in total. The molecule has 0 fully saturated rings. The molecular weight excluding hydrogens is 596 g/mol. The molecule has 44 heavy (non-hydrogen) atoms. The summed E-state index contributed by atoms with van der Waals surface area (Å²) in [5, 5.41) is 20.4. The number of carbonyl (C=O) groups is 2. The Labute approximate surface area is 262 Å². The Balaban J connectivity index is 1.21. The number of hydrazone groups is 1. The van der Waals surface area contributed by atoms with Crippen molar-refractivity contribution in [1.82, 2.24) is 25.1 Å². The van der Waals surface area contributed by atoms with E-state index in [0.717, 1.165) is 27.3 Å². The number of thiophene rings is 1. The number of nitrogens with one attached hydrogen (secondary N) is 1. The van der Waals surface area contributed by atoms with E-state index in [0.29, 0.717) is 23.9 Å². The number of carbonyl (C=O) groups excluding carboxylic acids is 2. The lowest BCUT2D eigenvalue weighted by atomic mass is 10.00. The summed E-state index contributed by atoms with van der Waals surface area (Å²) in [5.41, 5.74) is 4.04. The van der Waals surface area contributed by atoms with Crippen molar-refractivity contribution in [2.75, 3.05) is 5.75 Å². The minimum absolute atomic E-state index is 0.0393. The molecule has 0 unspecified atom stereocenters. The van der Waals surface area contributed by atoms with Gasteiger partial charge in [-0.3, -0.25) is 9.59 Å². The van der Waals surface area contributed by atoms with Gasteiger partial charge in [-0.15, -0.1) is 21.5 Å². The number of nitrogens with zero attached hydrogens (tertiary/aromatic N) is 5. The first-order chi connectivity index (χ1) is 21.5. The second kappa shape index (κ2) is 13.4. The van der Waals surface area contributed by atoms with E-state index in [4.69, 9.17) is 5.10 Å². The van der Waals surface area contributed by atoms with Crippen molar-refractivity contribution < 1.29 is 14.0 Å². The molecule has 6 rings (SSSR count). The number of aromatic nitrogens is 3. The fraction of sp³-hybridized carbons (Fsp3) is 0.182. The van der Waals surface area contributed by atoms with Crippen molar-refractivity contribution in [3.63, 3.8) is 0 Å². The lowest BCUT2D eigenvalue weighted by Gasteiger charge is -2.22. The monoisotopic (exact) mass is 624 g/mol. The van der Waals surface area contributed by atoms with Crippen LogP contribution >= 0.6 is 23.1 Å². The number of halogens is 1. The summed E-state index contributed by atoms with van der Waals surface area (Å²) >= 11 is 2.88. The van der Waals surface area contributed by atoms with Crippen molar-refractivity contribution in [2.24, 2.45) is 5.10 Å². The summed E-state index contributed by atoms with van der Waals surface area (Å²) < 4.78 is 16.0. The Hall–Kier alpha value is -4.61. The van der Waals surface area contributed by atoms with E-state index in [1.165, 1.54) is 30.0 Å². The van der Waals surface area contributed by atoms with E-state index in [2.05, 4.69) is 39.8 Å². The molecule has 5 aromatic rings. The highest BCUT2D eigenvalue weighted by atomic mass is 32.2. The Morgan fingerprint density at radius 1 is 0.977 bits per heavy atom. The minimum atomic E-state index is -0.596. The third kappa shape index (κ3) is 6.63. The highest BCUT2D eigenvalue weighted by Crippen LogP contribution is 2.35. The van der Waals surface area contributed by atoms with Gasteiger partial charge in [0.2, 0.25) is 0 Å². The molecule has 1 aliphatic rings. The van der Waals surface area contributed by atoms with Crippen LogP contribution in [0.25, 0.3) is 0 Å². The number of thioether (sulfide) groups is 1. The molecule has 0 spiro atoms. The van der Waals surface area contributed by atoms with Crippen LogP contribution in [0.5, 0.6) is 0 Å². The molecule has 3 heterocycles. The first-order valence-corrected chi connectivity index (χ1v) is 15.9. The average Bonchev–Trinajstić information content (AvgIpc) is 3.81. The highest BCUT2D eigenvalue weighted by Gasteiger charge is 2.33. The number of hydrogen-bond donors (Lipinski definition) is 1. The van der Waals surface area contributed by atoms with Crippen LogP contribution in [-0.4, -0.2) is 43.1 Å². The van der Waals surface area contributed by atoms with Crippen LogP contribution in [-0.2, 0) is 17.9 Å². The van der Waals surface area contributed by atoms with E-state index < -0.39 is 11.7 Å². The van der Waals surface area contributed by atoms with Gasteiger partial charge < -0.3 is 9.88 Å². The summed E-state index contributed by atoms with van der Waals surface area (Å²) in [4.78, 5) is 27.4. The molecule has 0 saturated carbocycles. The standard InChI is InChI=1S/C33H29FN6O2S2/c1-22-13-15-24(16-14-22)28-18-27(29-12-7-17-43-29)38-40(28)31(41)21-44-33-37-36-30(39(33)20-23-8-3-2-4-9-23)19-35-32(42)25-10-5-6-11-26(25)34/h2-17,28H,18-21H2,1H3,(H,35,42)/t28-/m1/s1. The largest absolute Gasteiger partial charge is 0.345 e. The molecular formula is C33H29FN6O2S2. The van der Waals surface area contributed by atoms with Gasteiger partial charge in [-0.2, -0.15) is 5.10 Å². The van der Waals surface area contributed by atoms with Crippen LogP contribution in [0.4, 0.5) is 4.39 Å². The van der Waals surface area contributed by atoms with Crippen LogP contribution in [0.15, 0.2) is 107 Å². The number of aryl methyl sites for hydroxylation is 1. The highest BCUT2D eigenvalue weighted by molar-refractivity contribution is 7.99. The van der Waals surface area contributed by atoms with Crippen LogP contribution in [0.1, 0.15) is 50.2 Å². The molecule has 3 aromatic carbocycles. The molecule has 0 radical (unpaired) electrons. The third-order valence-corrected chi connectivity index (χ3v) is 9.13. The van der Waals surface area contributed by atoms with E-state index in [1.54, 1.807) is 22.4 Å². The molecule has 0 saturated heterocycles. The molecule has 8 nitrogen and oxygen atoms in total. The van der Waals surface area contributed by atoms with Crippen molar-refractivity contribution in [3.8, 4) is 0 Å². The van der Waals surface area contributed by atoms with Gasteiger partial charge in [0.05, 0.1) is 41.0 Å². The van der Waals surface area contributed by atoms with Crippen LogP contribution in [0.3, 0.4) is 0 Å². The molecule has 1 atom stereocenters. The molecule has 222 valence electrons. The Kier molecular flexibility index (Phi) is 8.94. The van der Waals surface area contributed by atoms with Gasteiger partial charge in [-0.25, -0.2) is 9.40 Å². The predicted octanol–water partition coefficient (Wildman–Crippen LogP) is 6.24. The zero-order valence-corrected chi connectivity index (χ0v) is 25.5. The SMILES string of the molecule is Cc1ccc([C@H]2CC(c3cccs3)=NN2C(=O)CSc2nnc(CNC(=O)c3ccccc3F)n2Cc2ccccc2)cc1. The van der Waals surface area contributed by atoms with Gasteiger partial charge in [0.15, 0.2) is 11.0 Å². The summed E-state index contributed by atoms with van der Waals surface area (Å²) in [6.45, 7) is 2.51. The van der Waals surface area contributed by atoms with Crippen molar-refractivity contribution >= 4 is 40.6 Å². The fourth-order valence-corrected chi connectivity index (χ4v) is 6.48. The van der Waals surface area contributed by atoms with Crippen LogP contribution in [0, 0.1) is 12.7 Å². The Bertz CT molecular complexity index is 1790. The van der Waals surface area contributed by atoms with Gasteiger partial charge in [-0.1, -0.05) is 90.1 Å². The van der Waals surface area contributed by atoms with E-state index in [1.807, 2.05) is 59.3 Å². The number of rotatable bonds is 10. The summed E-state index contributed by atoms with van der Waals surface area (Å²) in [6.07, 6.45) is 0.635. The smallest absolute Gasteiger partial charge is 0.254 e. The fourth-order valence-electron chi connectivity index (χ4n) is 4.95. The quantitative estimate of drug-likeness (QED) is 0.186. The second-order valence-corrected chi connectivity index (χ2v) is 12.2. The minimum Gasteiger partial charge on any atom is -0.345 e. The molecule has 0 aliphatic carbocycles. The first kappa shape index (κ1) is 29.5. The van der Waals surface area contributed by atoms with Gasteiger partial charge in [0.25, 0.3) is 11.8 Å². The number of amides is 2. The normalized spacial score (nSPS) is 14.5. The first-order valence-electron chi connectivity index (χ1n) is 14.1. The maximum absolute atomic E-state index is 14.2. The molecule has 1 aliphatic heterocycles. The third-order valence-electron chi connectivity index (χ3n) is 7.26. The molecule has 2 aromatic heterocycles. The van der Waals surface area contributed by atoms with Gasteiger partial charge >= 0.3 is 0 Å². The van der Waals surface area contributed by atoms with Gasteiger partial charge in [-0.05, 0) is 41.6 Å². The topological polar surface area (TPSA) is 92.5 Å². The number of hydrogen-bond acceptors (Lipinski definition) is 7. The van der Waals surface area contributed by atoms with Crippen molar-refractivity contribution in [2.45, 2.75) is 37.6 Å².